The molecule has 144 valence electrons. The molecule has 0 aromatic carbocycles. The number of piperidine rings is 1. The number of carbonyl (C=O) groups is 1. The molecule has 0 bridgehead atoms. The number of hydrogen-bond donors (Lipinski definition) is 0. The number of carbonyl (C=O) groups excluding carboxylic acids is 1. The van der Waals surface area contributed by atoms with Crippen molar-refractivity contribution in [3.8, 4) is 17.3 Å². The van der Waals surface area contributed by atoms with Crippen molar-refractivity contribution in [1.29, 1.82) is 0 Å². The lowest BCUT2D eigenvalue weighted by Gasteiger charge is -2.31. The summed E-state index contributed by atoms with van der Waals surface area (Å²) in [4.78, 5) is 27.0. The molecule has 1 fully saturated rings. The van der Waals surface area contributed by atoms with Gasteiger partial charge in [0.1, 0.15) is 0 Å². The first-order chi connectivity index (χ1) is 13.4. The van der Waals surface area contributed by atoms with E-state index in [1.165, 1.54) is 9.58 Å². The lowest BCUT2D eigenvalue weighted by molar-refractivity contribution is -0.0495. The Morgan fingerprint density at radius 2 is 1.82 bits per heavy atom. The first-order valence-corrected chi connectivity index (χ1v) is 8.90. The Labute approximate surface area is 160 Å². The number of rotatable bonds is 3. The summed E-state index contributed by atoms with van der Waals surface area (Å²) in [7, 11) is 0. The van der Waals surface area contributed by atoms with E-state index in [0.717, 1.165) is 5.56 Å². The number of halogens is 2. The van der Waals surface area contributed by atoms with Gasteiger partial charge in [0.05, 0.1) is 11.4 Å². The minimum Gasteiger partial charge on any atom is -0.337 e. The van der Waals surface area contributed by atoms with Gasteiger partial charge < -0.3 is 4.90 Å². The molecule has 1 amide bonds. The molecule has 1 saturated heterocycles. The molecule has 3 aromatic heterocycles. The van der Waals surface area contributed by atoms with Gasteiger partial charge in [0, 0.05) is 44.5 Å². The highest BCUT2D eigenvalue weighted by atomic mass is 19.3. The monoisotopic (exact) mass is 384 g/mol. The highest BCUT2D eigenvalue weighted by Crippen LogP contribution is 2.29. The quantitative estimate of drug-likeness (QED) is 0.694. The van der Waals surface area contributed by atoms with Gasteiger partial charge in [-0.1, -0.05) is 6.07 Å². The minimum absolute atomic E-state index is 0.00134. The summed E-state index contributed by atoms with van der Waals surface area (Å²) in [5.41, 5.74) is 2.30. The number of hydrogen-bond acceptors (Lipinski definition) is 5. The minimum atomic E-state index is -2.72. The van der Waals surface area contributed by atoms with Crippen molar-refractivity contribution < 1.29 is 13.6 Å². The van der Waals surface area contributed by atoms with Crippen LogP contribution in [0.1, 0.15) is 28.9 Å². The molecule has 1 aliphatic rings. The van der Waals surface area contributed by atoms with E-state index in [2.05, 4.69) is 20.1 Å². The van der Waals surface area contributed by atoms with E-state index < -0.39 is 11.8 Å². The zero-order valence-corrected chi connectivity index (χ0v) is 15.2. The molecule has 1 aliphatic heterocycles. The van der Waals surface area contributed by atoms with Crippen LogP contribution in [-0.2, 0) is 0 Å². The summed E-state index contributed by atoms with van der Waals surface area (Å²) in [6.45, 7) is 1.92. The molecule has 4 rings (SSSR count). The molecule has 0 atom stereocenters. The summed E-state index contributed by atoms with van der Waals surface area (Å²) in [6, 6.07) is 7.00. The largest absolute Gasteiger partial charge is 0.337 e. The number of aryl methyl sites for hydroxylation is 1. The van der Waals surface area contributed by atoms with Crippen LogP contribution in [0.25, 0.3) is 17.3 Å². The second-order valence-corrected chi connectivity index (χ2v) is 6.74. The molecule has 3 aromatic rings. The second-order valence-electron chi connectivity index (χ2n) is 6.74. The van der Waals surface area contributed by atoms with E-state index in [4.69, 9.17) is 0 Å². The van der Waals surface area contributed by atoms with Gasteiger partial charge in [-0.25, -0.2) is 18.7 Å². The van der Waals surface area contributed by atoms with Crippen LogP contribution < -0.4 is 0 Å². The fraction of sp³-hybridized carbons (Fsp3) is 0.316. The smallest absolute Gasteiger partial charge is 0.274 e. The van der Waals surface area contributed by atoms with Crippen molar-refractivity contribution in [2.45, 2.75) is 25.7 Å². The third kappa shape index (κ3) is 3.60. The normalized spacial score (nSPS) is 16.2. The SMILES string of the molecule is Cc1ccc(-c2cc(C(=O)N3CCC(F)(F)CC3)nn2-c2ncccn2)nc1. The molecule has 0 spiro atoms. The van der Waals surface area contributed by atoms with Gasteiger partial charge in [-0.15, -0.1) is 0 Å². The maximum atomic E-state index is 13.4. The molecule has 0 aliphatic carbocycles. The third-order valence-electron chi connectivity index (χ3n) is 4.63. The van der Waals surface area contributed by atoms with E-state index in [-0.39, 0.29) is 31.6 Å². The van der Waals surface area contributed by atoms with E-state index in [9.17, 15) is 13.6 Å². The number of amides is 1. The Kier molecular flexibility index (Phi) is 4.58. The predicted molar refractivity (Wildman–Crippen MR) is 97.2 cm³/mol. The van der Waals surface area contributed by atoms with Crippen LogP contribution in [0.4, 0.5) is 8.78 Å². The Balaban J connectivity index is 1.71. The summed E-state index contributed by atoms with van der Waals surface area (Å²) in [5.74, 6) is -2.81. The number of nitrogens with zero attached hydrogens (tertiary/aromatic N) is 6. The molecule has 28 heavy (non-hydrogen) atoms. The van der Waals surface area contributed by atoms with E-state index >= 15 is 0 Å². The van der Waals surface area contributed by atoms with Crippen molar-refractivity contribution in [3.63, 3.8) is 0 Å². The average Bonchev–Trinajstić information content (AvgIpc) is 3.14. The van der Waals surface area contributed by atoms with Gasteiger partial charge in [-0.2, -0.15) is 9.78 Å². The molecule has 9 heteroatoms. The van der Waals surface area contributed by atoms with Gasteiger partial charge in [0.2, 0.25) is 0 Å². The van der Waals surface area contributed by atoms with Crippen molar-refractivity contribution in [2.75, 3.05) is 13.1 Å². The number of aromatic nitrogens is 5. The van der Waals surface area contributed by atoms with Crippen LogP contribution in [0.2, 0.25) is 0 Å². The zero-order valence-electron chi connectivity index (χ0n) is 15.2. The fourth-order valence-electron chi connectivity index (χ4n) is 3.04. The van der Waals surface area contributed by atoms with Gasteiger partial charge in [-0.3, -0.25) is 9.78 Å². The lowest BCUT2D eigenvalue weighted by Crippen LogP contribution is -2.42. The van der Waals surface area contributed by atoms with Crippen molar-refractivity contribution in [3.05, 3.63) is 54.1 Å². The van der Waals surface area contributed by atoms with Gasteiger partial charge >= 0.3 is 0 Å². The first kappa shape index (κ1) is 18.1. The molecule has 0 saturated carbocycles. The maximum Gasteiger partial charge on any atom is 0.274 e. The highest BCUT2D eigenvalue weighted by molar-refractivity contribution is 5.93. The van der Waals surface area contributed by atoms with Crippen molar-refractivity contribution in [2.24, 2.45) is 0 Å². The molecular formula is C19H18F2N6O. The summed E-state index contributed by atoms with van der Waals surface area (Å²) < 4.78 is 28.3. The third-order valence-corrected chi connectivity index (χ3v) is 4.63. The average molecular weight is 384 g/mol. The second kappa shape index (κ2) is 7.06. The number of pyridine rings is 1. The summed E-state index contributed by atoms with van der Waals surface area (Å²) in [5, 5.41) is 4.36. The Hall–Kier alpha value is -3.23. The van der Waals surface area contributed by atoms with E-state index in [1.807, 2.05) is 19.1 Å². The van der Waals surface area contributed by atoms with Crippen LogP contribution >= 0.6 is 0 Å². The molecule has 0 unspecified atom stereocenters. The Morgan fingerprint density at radius 1 is 1.11 bits per heavy atom. The molecule has 4 heterocycles. The fourth-order valence-corrected chi connectivity index (χ4v) is 3.04. The molecule has 7 nitrogen and oxygen atoms in total. The molecular weight excluding hydrogens is 366 g/mol. The first-order valence-electron chi connectivity index (χ1n) is 8.90. The lowest BCUT2D eigenvalue weighted by atomic mass is 10.1. The van der Waals surface area contributed by atoms with Gasteiger partial charge in [0.15, 0.2) is 5.69 Å². The van der Waals surface area contributed by atoms with E-state index in [0.29, 0.717) is 17.3 Å². The topological polar surface area (TPSA) is 76.8 Å². The van der Waals surface area contributed by atoms with Crippen LogP contribution in [-0.4, -0.2) is 54.6 Å². The van der Waals surface area contributed by atoms with Crippen LogP contribution in [0.3, 0.4) is 0 Å². The van der Waals surface area contributed by atoms with Crippen molar-refractivity contribution >= 4 is 5.91 Å². The Morgan fingerprint density at radius 3 is 2.46 bits per heavy atom. The van der Waals surface area contributed by atoms with Crippen LogP contribution in [0.5, 0.6) is 0 Å². The van der Waals surface area contributed by atoms with E-state index in [1.54, 1.807) is 30.7 Å². The molecule has 0 N–H and O–H groups in total. The number of alkyl halides is 2. The summed E-state index contributed by atoms with van der Waals surface area (Å²) in [6.07, 6.45) is 4.18. The standard InChI is InChI=1S/C19H18F2N6O/c1-13-3-4-14(24-12-13)16-11-15(25-27(16)18-22-7-2-8-23-18)17(28)26-9-5-19(20,21)6-10-26/h2-4,7-8,11-12H,5-6,9-10H2,1H3. The van der Waals surface area contributed by atoms with Gasteiger partial charge in [-0.05, 0) is 30.7 Å². The van der Waals surface area contributed by atoms with Crippen LogP contribution in [0, 0.1) is 6.92 Å². The van der Waals surface area contributed by atoms with Crippen molar-refractivity contribution in [1.82, 2.24) is 29.6 Å². The van der Waals surface area contributed by atoms with Gasteiger partial charge in [0.25, 0.3) is 17.8 Å². The maximum absolute atomic E-state index is 13.4. The summed E-state index contributed by atoms with van der Waals surface area (Å²) >= 11 is 0. The zero-order chi connectivity index (χ0) is 19.7. The Bertz CT molecular complexity index is 977. The highest BCUT2D eigenvalue weighted by Gasteiger charge is 2.36. The predicted octanol–water partition coefficient (Wildman–Crippen LogP) is 2.90. The van der Waals surface area contributed by atoms with Crippen LogP contribution in [0.15, 0.2) is 42.9 Å². The number of likely N-dealkylation sites (tertiary alicyclic amines) is 1. The molecule has 0 radical (unpaired) electrons.